The number of thioether (sulfide) groups is 1. The first kappa shape index (κ1) is 35.1. The highest BCUT2D eigenvalue weighted by atomic mass is 35.5. The number of Topliss-reactive ketones (excluding diaryl/α,β-unsaturated/α-hetero) is 1. The van der Waals surface area contributed by atoms with Crippen LogP contribution in [0.25, 0.3) is 5.76 Å². The molecule has 3 heterocycles. The maximum Gasteiger partial charge on any atom is 0.301 e. The average Bonchev–Trinajstić information content (AvgIpc) is 3.77. The molecule has 6 rings (SSSR count). The van der Waals surface area contributed by atoms with E-state index in [1.165, 1.54) is 28.0 Å². The number of carbonyl (C=O) groups is 2. The second-order valence-electron chi connectivity index (χ2n) is 11.7. The molecule has 13 heteroatoms. The monoisotopic (exact) mass is 739 g/mol. The summed E-state index contributed by atoms with van der Waals surface area (Å²) in [5.74, 6) is 0.309. The number of amides is 1. The number of fused-ring (bicyclic) bond motifs is 1. The Morgan fingerprint density at radius 3 is 2.65 bits per heavy atom. The number of anilines is 1. The van der Waals surface area contributed by atoms with Gasteiger partial charge in [-0.05, 0) is 79.4 Å². The topological polar surface area (TPSA) is 111 Å². The molecule has 0 aliphatic carbocycles. The van der Waals surface area contributed by atoms with Gasteiger partial charge in [-0.1, -0.05) is 78.2 Å². The molecule has 1 N–H and O–H groups in total. The van der Waals surface area contributed by atoms with Crippen LogP contribution in [-0.4, -0.2) is 46.3 Å². The van der Waals surface area contributed by atoms with E-state index in [1.807, 2.05) is 19.9 Å². The Morgan fingerprint density at radius 1 is 1.04 bits per heavy atom. The minimum atomic E-state index is -1.02. The Morgan fingerprint density at radius 2 is 1.88 bits per heavy atom. The highest BCUT2D eigenvalue weighted by Crippen LogP contribution is 2.46. The average molecular weight is 741 g/mol. The zero-order valence-corrected chi connectivity index (χ0v) is 30.3. The number of nitrogens with zero attached hydrogens (tertiary/aromatic N) is 3. The van der Waals surface area contributed by atoms with Gasteiger partial charge in [-0.25, -0.2) is 0 Å². The number of aliphatic hydroxyl groups excluding tert-OH is 1. The number of halogens is 2. The van der Waals surface area contributed by atoms with Crippen molar-refractivity contribution in [3.8, 4) is 17.2 Å². The van der Waals surface area contributed by atoms with Crippen LogP contribution >= 0.6 is 46.3 Å². The van der Waals surface area contributed by atoms with Crippen LogP contribution in [0, 0.1) is 0 Å². The van der Waals surface area contributed by atoms with E-state index in [2.05, 4.69) is 17.1 Å². The molecule has 0 saturated carbocycles. The van der Waals surface area contributed by atoms with E-state index in [9.17, 15) is 14.7 Å². The van der Waals surface area contributed by atoms with Crippen molar-refractivity contribution in [1.82, 2.24) is 10.2 Å². The minimum Gasteiger partial charge on any atom is -0.507 e. The smallest absolute Gasteiger partial charge is 0.301 e. The Labute approximate surface area is 303 Å². The number of hydrogen-bond acceptors (Lipinski definition) is 10. The van der Waals surface area contributed by atoms with Gasteiger partial charge in [0.2, 0.25) is 5.13 Å². The van der Waals surface area contributed by atoms with Gasteiger partial charge in [0.1, 0.15) is 17.6 Å². The number of carbonyl (C=O) groups excluding carboxylic acids is 2. The largest absolute Gasteiger partial charge is 0.507 e. The van der Waals surface area contributed by atoms with Crippen LogP contribution < -0.4 is 19.1 Å². The van der Waals surface area contributed by atoms with E-state index in [1.54, 1.807) is 48.5 Å². The van der Waals surface area contributed by atoms with E-state index in [4.69, 9.17) is 37.4 Å². The van der Waals surface area contributed by atoms with Crippen LogP contribution in [0.4, 0.5) is 5.13 Å². The molecule has 4 aromatic rings. The summed E-state index contributed by atoms with van der Waals surface area (Å²) in [6.07, 6.45) is 3.67. The van der Waals surface area contributed by atoms with Crippen molar-refractivity contribution in [2.75, 3.05) is 18.1 Å². The van der Waals surface area contributed by atoms with Crippen LogP contribution in [0.5, 0.6) is 17.2 Å². The third-order valence-electron chi connectivity index (χ3n) is 8.17. The van der Waals surface area contributed by atoms with Crippen LogP contribution in [0.15, 0.2) is 64.5 Å². The van der Waals surface area contributed by atoms with E-state index in [0.29, 0.717) is 62.4 Å². The fourth-order valence-electron chi connectivity index (χ4n) is 5.82. The Hall–Kier alpha value is -3.77. The molecule has 0 radical (unpaired) electrons. The molecule has 1 amide bonds. The van der Waals surface area contributed by atoms with Gasteiger partial charge < -0.3 is 19.3 Å². The fourth-order valence-corrected chi connectivity index (χ4v) is 8.25. The van der Waals surface area contributed by atoms with E-state index in [0.717, 1.165) is 36.1 Å². The number of aromatic nitrogens is 2. The molecule has 0 spiro atoms. The van der Waals surface area contributed by atoms with E-state index >= 15 is 0 Å². The normalized spacial score (nSPS) is 18.1. The summed E-state index contributed by atoms with van der Waals surface area (Å²) in [7, 11) is 0. The second kappa shape index (κ2) is 15.4. The lowest BCUT2D eigenvalue weighted by Crippen LogP contribution is -2.29. The van der Waals surface area contributed by atoms with Crippen molar-refractivity contribution in [2.45, 2.75) is 68.7 Å². The number of hydrogen-bond donors (Lipinski definition) is 1. The molecule has 1 aromatic heterocycles. The minimum absolute atomic E-state index is 0.00199. The summed E-state index contributed by atoms with van der Waals surface area (Å²) >= 11 is 15.0. The summed E-state index contributed by atoms with van der Waals surface area (Å²) in [5, 5.41) is 21.7. The molecule has 1 fully saturated rings. The highest BCUT2D eigenvalue weighted by Gasteiger charge is 2.48. The highest BCUT2D eigenvalue weighted by molar-refractivity contribution is 8.00. The third kappa shape index (κ3) is 7.55. The van der Waals surface area contributed by atoms with Crippen LogP contribution in [0.2, 0.25) is 10.0 Å². The van der Waals surface area contributed by atoms with Crippen LogP contribution in [0.3, 0.4) is 0 Å². The molecular weight excluding hydrogens is 705 g/mol. The second-order valence-corrected chi connectivity index (χ2v) is 14.7. The number of aliphatic hydroxyl groups is 1. The van der Waals surface area contributed by atoms with Crippen molar-refractivity contribution in [1.29, 1.82) is 0 Å². The quantitative estimate of drug-likeness (QED) is 0.0359. The maximum absolute atomic E-state index is 13.9. The number of benzene rings is 3. The molecule has 0 bridgehead atoms. The van der Waals surface area contributed by atoms with Gasteiger partial charge >= 0.3 is 5.91 Å². The SMILES string of the molecule is CCCCCOc1ccc(C2/C(=C(/O)c3ccc4c(c3)CC(C)O4)C(=O)C(=O)N2c2nnc(SCc3ccc(Cl)cc3Cl)s2)cc1OCC. The lowest BCUT2D eigenvalue weighted by molar-refractivity contribution is -0.132. The molecule has 49 heavy (non-hydrogen) atoms. The van der Waals surface area contributed by atoms with Gasteiger partial charge in [-0.2, -0.15) is 0 Å². The molecule has 2 aliphatic heterocycles. The van der Waals surface area contributed by atoms with Gasteiger partial charge in [0, 0.05) is 27.8 Å². The van der Waals surface area contributed by atoms with E-state index in [-0.39, 0.29) is 22.6 Å². The molecule has 9 nitrogen and oxygen atoms in total. The predicted octanol–water partition coefficient (Wildman–Crippen LogP) is 9.05. The Bertz CT molecular complexity index is 1920. The van der Waals surface area contributed by atoms with Gasteiger partial charge in [0.15, 0.2) is 15.8 Å². The molecule has 2 unspecified atom stereocenters. The molecule has 256 valence electrons. The van der Waals surface area contributed by atoms with Crippen molar-refractivity contribution in [3.63, 3.8) is 0 Å². The zero-order chi connectivity index (χ0) is 34.7. The summed E-state index contributed by atoms with van der Waals surface area (Å²) in [4.78, 5) is 29.0. The van der Waals surface area contributed by atoms with Crippen molar-refractivity contribution in [3.05, 3.63) is 92.5 Å². The zero-order valence-electron chi connectivity index (χ0n) is 27.2. The van der Waals surface area contributed by atoms with Gasteiger partial charge in [0.25, 0.3) is 5.78 Å². The molecular formula is C36H35Cl2N3O6S2. The standard InChI is InChI=1S/C36H35Cl2N3O6S2/c1-4-6-7-14-46-28-13-9-21(17-29(28)45-5-2)31-30(32(42)22-10-12-27-24(16-22)15-20(3)47-27)33(43)34(44)41(31)35-39-40-36(49-35)48-19-23-8-11-25(37)18-26(23)38/h8-13,16-18,20,31,42H,4-7,14-15,19H2,1-3H3/b32-30-. The van der Waals surface area contributed by atoms with Crippen LogP contribution in [-0.2, 0) is 21.8 Å². The summed E-state index contributed by atoms with van der Waals surface area (Å²) < 4.78 is 18.4. The first-order valence-corrected chi connectivity index (χ1v) is 18.6. The first-order valence-electron chi connectivity index (χ1n) is 16.1. The van der Waals surface area contributed by atoms with Gasteiger partial charge in [-0.15, -0.1) is 10.2 Å². The number of rotatable bonds is 13. The first-order chi connectivity index (χ1) is 23.7. The number of ketones is 1. The molecule has 3 aromatic carbocycles. The molecule has 2 atom stereocenters. The summed E-state index contributed by atoms with van der Waals surface area (Å²) in [6.45, 7) is 6.87. The van der Waals surface area contributed by atoms with Crippen molar-refractivity contribution in [2.24, 2.45) is 0 Å². The number of ether oxygens (including phenoxy) is 3. The van der Waals surface area contributed by atoms with Gasteiger partial charge in [-0.3, -0.25) is 14.5 Å². The fraction of sp³-hybridized carbons (Fsp3) is 0.333. The van der Waals surface area contributed by atoms with Gasteiger partial charge in [0.05, 0.1) is 24.8 Å². The predicted molar refractivity (Wildman–Crippen MR) is 194 cm³/mol. The van der Waals surface area contributed by atoms with Crippen molar-refractivity contribution >= 4 is 68.9 Å². The number of unbranched alkanes of at least 4 members (excludes halogenated alkanes) is 2. The Kier molecular flexibility index (Phi) is 11.0. The van der Waals surface area contributed by atoms with Crippen LogP contribution in [0.1, 0.15) is 68.3 Å². The summed E-state index contributed by atoms with van der Waals surface area (Å²) in [5.41, 5.74) is 2.67. The lowest BCUT2D eigenvalue weighted by Gasteiger charge is -2.23. The lowest BCUT2D eigenvalue weighted by atomic mass is 9.94. The van der Waals surface area contributed by atoms with Crippen molar-refractivity contribution < 1.29 is 28.9 Å². The van der Waals surface area contributed by atoms with E-state index < -0.39 is 17.7 Å². The Balaban J connectivity index is 1.40. The maximum atomic E-state index is 13.9. The third-order valence-corrected chi connectivity index (χ3v) is 10.9. The molecule has 1 saturated heterocycles. The summed E-state index contributed by atoms with van der Waals surface area (Å²) in [6, 6.07) is 14.9. The molecule has 2 aliphatic rings.